The van der Waals surface area contributed by atoms with Gasteiger partial charge >= 0.3 is 0 Å². The number of hydrogen-bond acceptors (Lipinski definition) is 2. The summed E-state index contributed by atoms with van der Waals surface area (Å²) in [5, 5.41) is 11.5. The van der Waals surface area contributed by atoms with E-state index in [1.54, 1.807) is 0 Å². The summed E-state index contributed by atoms with van der Waals surface area (Å²) in [5.74, 6) is 0.986. The Labute approximate surface area is 129 Å². The van der Waals surface area contributed by atoms with Gasteiger partial charge in [0.05, 0.1) is 6.20 Å². The van der Waals surface area contributed by atoms with E-state index in [4.69, 9.17) is 0 Å². The summed E-state index contributed by atoms with van der Waals surface area (Å²) in [6.45, 7) is 0.502. The van der Waals surface area contributed by atoms with Gasteiger partial charge in [0, 0.05) is 11.6 Å². The molecule has 4 rings (SSSR count). The monoisotopic (exact) mass is 289 g/mol. The normalized spacial score (nSPS) is 20.0. The number of aromatic nitrogens is 1. The molecule has 0 amide bonds. The van der Waals surface area contributed by atoms with Crippen molar-refractivity contribution in [2.24, 2.45) is 0 Å². The minimum absolute atomic E-state index is 0.502. The summed E-state index contributed by atoms with van der Waals surface area (Å²) in [7, 11) is 0. The summed E-state index contributed by atoms with van der Waals surface area (Å²) in [6.07, 6.45) is 2.01. The van der Waals surface area contributed by atoms with Gasteiger partial charge in [0.2, 0.25) is 0 Å². The Morgan fingerprint density at radius 3 is 2.18 bits per heavy atom. The van der Waals surface area contributed by atoms with E-state index in [0.29, 0.717) is 6.54 Å². The average molecular weight is 289 g/mol. The van der Waals surface area contributed by atoms with Gasteiger partial charge in [0.15, 0.2) is 6.54 Å². The van der Waals surface area contributed by atoms with Gasteiger partial charge in [-0.3, -0.25) is 0 Å². The third kappa shape index (κ3) is 1.90. The zero-order chi connectivity index (χ0) is 15.0. The number of nitrogens with zero attached hydrogens (tertiary/aromatic N) is 2. The molecule has 0 saturated carbocycles. The average Bonchev–Trinajstić information content (AvgIpc) is 2.90. The predicted molar refractivity (Wildman–Crippen MR) is 85.6 cm³/mol. The SMILES string of the molecule is OC1(c2ccccc2)C[n+]2ccccc2N1c1ccccc1. The molecule has 3 aromatic rings. The molecule has 3 nitrogen and oxygen atoms in total. The van der Waals surface area contributed by atoms with E-state index in [1.165, 1.54) is 0 Å². The van der Waals surface area contributed by atoms with Crippen LogP contribution < -0.4 is 9.47 Å². The molecule has 1 aliphatic heterocycles. The van der Waals surface area contributed by atoms with Gasteiger partial charge < -0.3 is 5.11 Å². The van der Waals surface area contributed by atoms with Gasteiger partial charge in [-0.2, -0.15) is 4.90 Å². The number of hydrogen-bond donors (Lipinski definition) is 1. The maximum atomic E-state index is 11.5. The molecule has 108 valence electrons. The van der Waals surface area contributed by atoms with Gasteiger partial charge in [0.1, 0.15) is 5.69 Å². The highest BCUT2D eigenvalue weighted by molar-refractivity contribution is 5.62. The van der Waals surface area contributed by atoms with E-state index in [-0.39, 0.29) is 0 Å². The zero-order valence-corrected chi connectivity index (χ0v) is 12.1. The van der Waals surface area contributed by atoms with E-state index >= 15 is 0 Å². The molecule has 0 aliphatic carbocycles. The van der Waals surface area contributed by atoms with Crippen LogP contribution in [-0.4, -0.2) is 5.11 Å². The Hall–Kier alpha value is -2.65. The topological polar surface area (TPSA) is 27.4 Å². The van der Waals surface area contributed by atoms with Gasteiger partial charge in [-0.15, -0.1) is 0 Å². The minimum atomic E-state index is -1.09. The molecule has 0 fully saturated rings. The Balaban J connectivity index is 1.93. The molecule has 1 atom stereocenters. The molecule has 1 aliphatic rings. The first-order valence-electron chi connectivity index (χ1n) is 7.41. The van der Waals surface area contributed by atoms with E-state index in [9.17, 15) is 5.11 Å². The second-order valence-corrected chi connectivity index (χ2v) is 5.54. The van der Waals surface area contributed by atoms with Gasteiger partial charge in [-0.25, -0.2) is 4.57 Å². The highest BCUT2D eigenvalue weighted by Gasteiger charge is 2.52. The first kappa shape index (κ1) is 13.0. The second kappa shape index (κ2) is 4.97. The van der Waals surface area contributed by atoms with Crippen molar-refractivity contribution in [3.63, 3.8) is 0 Å². The molecule has 3 heteroatoms. The number of pyridine rings is 1. The standard InChI is InChI=1S/C19H17N2O/c22-19(16-9-3-1-4-10-16)15-20-14-8-7-13-18(20)21(19)17-11-5-2-6-12-17/h1-14,22H,15H2/q+1. The van der Waals surface area contributed by atoms with Gasteiger partial charge in [0.25, 0.3) is 11.5 Å². The third-order valence-corrected chi connectivity index (χ3v) is 4.16. The molecule has 2 aromatic carbocycles. The van der Waals surface area contributed by atoms with Crippen LogP contribution in [0.1, 0.15) is 5.56 Å². The highest BCUT2D eigenvalue weighted by atomic mass is 16.3. The summed E-state index contributed by atoms with van der Waals surface area (Å²) in [6, 6.07) is 25.9. The number of aliphatic hydroxyl groups is 1. The Kier molecular flexibility index (Phi) is 2.94. The highest BCUT2D eigenvalue weighted by Crippen LogP contribution is 2.40. The molecular weight excluding hydrogens is 272 g/mol. The summed E-state index contributed by atoms with van der Waals surface area (Å²) in [4.78, 5) is 2.00. The van der Waals surface area contributed by atoms with Crippen molar-refractivity contribution in [2.45, 2.75) is 12.3 Å². The minimum Gasteiger partial charge on any atom is -0.346 e. The van der Waals surface area contributed by atoms with Crippen LogP contribution in [0.3, 0.4) is 0 Å². The molecular formula is C19H17N2O+. The summed E-state index contributed by atoms with van der Waals surface area (Å²) < 4.78 is 2.08. The molecule has 0 spiro atoms. The maximum absolute atomic E-state index is 11.5. The largest absolute Gasteiger partial charge is 0.346 e. The Bertz CT molecular complexity index is 789. The molecule has 22 heavy (non-hydrogen) atoms. The van der Waals surface area contributed by atoms with Gasteiger partial charge in [-0.1, -0.05) is 54.6 Å². The first-order chi connectivity index (χ1) is 10.8. The lowest BCUT2D eigenvalue weighted by Gasteiger charge is -2.27. The molecule has 1 N–H and O–H groups in total. The fraction of sp³-hybridized carbons (Fsp3) is 0.105. The molecule has 0 bridgehead atoms. The van der Waals surface area contributed by atoms with Crippen LogP contribution >= 0.6 is 0 Å². The van der Waals surface area contributed by atoms with Crippen LogP contribution in [-0.2, 0) is 12.3 Å². The van der Waals surface area contributed by atoms with Crippen LogP contribution in [0.25, 0.3) is 0 Å². The molecule has 0 radical (unpaired) electrons. The Morgan fingerprint density at radius 2 is 1.45 bits per heavy atom. The van der Waals surface area contributed by atoms with Crippen molar-refractivity contribution in [1.29, 1.82) is 0 Å². The van der Waals surface area contributed by atoms with Crippen LogP contribution in [0.5, 0.6) is 0 Å². The number of fused-ring (bicyclic) bond motifs is 1. The van der Waals surface area contributed by atoms with Crippen LogP contribution in [0, 0.1) is 0 Å². The van der Waals surface area contributed by atoms with Crippen molar-refractivity contribution >= 4 is 11.5 Å². The lowest BCUT2D eigenvalue weighted by molar-refractivity contribution is -0.683. The van der Waals surface area contributed by atoms with Crippen molar-refractivity contribution < 1.29 is 9.67 Å². The van der Waals surface area contributed by atoms with Crippen molar-refractivity contribution in [3.05, 3.63) is 90.6 Å². The fourth-order valence-corrected chi connectivity index (χ4v) is 3.15. The predicted octanol–water partition coefficient (Wildman–Crippen LogP) is 2.97. The number of anilines is 2. The van der Waals surface area contributed by atoms with Crippen LogP contribution in [0.4, 0.5) is 11.5 Å². The molecule has 0 saturated heterocycles. The van der Waals surface area contributed by atoms with E-state index in [0.717, 1.165) is 17.1 Å². The summed E-state index contributed by atoms with van der Waals surface area (Å²) in [5.41, 5.74) is 0.783. The lowest BCUT2D eigenvalue weighted by atomic mass is 10.0. The fourth-order valence-electron chi connectivity index (χ4n) is 3.15. The third-order valence-electron chi connectivity index (χ3n) is 4.16. The molecule has 2 heterocycles. The molecule has 1 unspecified atom stereocenters. The van der Waals surface area contributed by atoms with Crippen molar-refractivity contribution in [3.8, 4) is 0 Å². The van der Waals surface area contributed by atoms with E-state index in [1.807, 2.05) is 90.0 Å². The number of rotatable bonds is 2. The zero-order valence-electron chi connectivity index (χ0n) is 12.1. The van der Waals surface area contributed by atoms with Crippen LogP contribution in [0.15, 0.2) is 85.1 Å². The Morgan fingerprint density at radius 1 is 0.818 bits per heavy atom. The molecule has 1 aromatic heterocycles. The second-order valence-electron chi connectivity index (χ2n) is 5.54. The van der Waals surface area contributed by atoms with E-state index < -0.39 is 5.72 Å². The lowest BCUT2D eigenvalue weighted by Crippen LogP contribution is -2.43. The number of benzene rings is 2. The van der Waals surface area contributed by atoms with Crippen molar-refractivity contribution in [1.82, 2.24) is 0 Å². The number of para-hydroxylation sites is 1. The quantitative estimate of drug-likeness (QED) is 0.734. The van der Waals surface area contributed by atoms with Crippen LogP contribution in [0.2, 0.25) is 0 Å². The first-order valence-corrected chi connectivity index (χ1v) is 7.41. The maximum Gasteiger partial charge on any atom is 0.284 e. The van der Waals surface area contributed by atoms with Crippen molar-refractivity contribution in [2.75, 3.05) is 4.90 Å². The summed E-state index contributed by atoms with van der Waals surface area (Å²) >= 11 is 0. The van der Waals surface area contributed by atoms with E-state index in [2.05, 4.69) is 4.57 Å². The smallest absolute Gasteiger partial charge is 0.284 e. The van der Waals surface area contributed by atoms with Gasteiger partial charge in [-0.05, 0) is 18.2 Å².